The predicted molar refractivity (Wildman–Crippen MR) is 99.6 cm³/mol. The van der Waals surface area contributed by atoms with Crippen molar-refractivity contribution in [3.63, 3.8) is 0 Å². The molecule has 0 aliphatic rings. The van der Waals surface area contributed by atoms with E-state index in [9.17, 15) is 14.9 Å². The lowest BCUT2D eigenvalue weighted by Crippen LogP contribution is -2.13. The van der Waals surface area contributed by atoms with Gasteiger partial charge in [0.05, 0.1) is 15.0 Å². The zero-order valence-corrected chi connectivity index (χ0v) is 15.1. The third kappa shape index (κ3) is 3.80. The van der Waals surface area contributed by atoms with E-state index >= 15 is 0 Å². The van der Waals surface area contributed by atoms with E-state index in [1.54, 1.807) is 6.20 Å². The molecule has 0 atom stereocenters. The van der Waals surface area contributed by atoms with Crippen LogP contribution < -0.4 is 5.32 Å². The van der Waals surface area contributed by atoms with Gasteiger partial charge >= 0.3 is 0 Å². The van der Waals surface area contributed by atoms with Crippen LogP contribution in [0.4, 0.5) is 11.5 Å². The van der Waals surface area contributed by atoms with Crippen LogP contribution in [0.2, 0.25) is 15.1 Å². The van der Waals surface area contributed by atoms with Gasteiger partial charge in [-0.2, -0.15) is 0 Å². The van der Waals surface area contributed by atoms with Gasteiger partial charge in [-0.05, 0) is 18.2 Å². The second-order valence-corrected chi connectivity index (χ2v) is 6.38. The maximum Gasteiger partial charge on any atom is 0.270 e. The smallest absolute Gasteiger partial charge is 0.270 e. The highest BCUT2D eigenvalue weighted by molar-refractivity contribution is 6.40. The van der Waals surface area contributed by atoms with Gasteiger partial charge in [-0.25, -0.2) is 4.68 Å². The van der Waals surface area contributed by atoms with Gasteiger partial charge < -0.3 is 5.32 Å². The molecule has 0 fully saturated rings. The molecule has 7 nitrogen and oxygen atoms in total. The molecule has 0 spiro atoms. The van der Waals surface area contributed by atoms with Crippen molar-refractivity contribution >= 4 is 52.2 Å². The van der Waals surface area contributed by atoms with Gasteiger partial charge in [-0.1, -0.05) is 40.9 Å². The van der Waals surface area contributed by atoms with Crippen LogP contribution in [0.5, 0.6) is 0 Å². The second-order valence-electron chi connectivity index (χ2n) is 5.13. The highest BCUT2D eigenvalue weighted by atomic mass is 35.5. The zero-order valence-electron chi connectivity index (χ0n) is 12.8. The lowest BCUT2D eigenvalue weighted by Gasteiger charge is -2.07. The summed E-state index contributed by atoms with van der Waals surface area (Å²) in [4.78, 5) is 22.5. The first-order valence-corrected chi connectivity index (χ1v) is 8.25. The molecule has 1 N–H and O–H groups in total. The van der Waals surface area contributed by atoms with Crippen molar-refractivity contribution in [1.82, 2.24) is 9.78 Å². The predicted octanol–water partition coefficient (Wildman–Crippen LogP) is 4.99. The summed E-state index contributed by atoms with van der Waals surface area (Å²) >= 11 is 18.2. The largest absolute Gasteiger partial charge is 0.305 e. The molecule has 132 valence electrons. The molecular formula is C16H9Cl3N4O3. The van der Waals surface area contributed by atoms with E-state index in [-0.39, 0.29) is 17.1 Å². The minimum Gasteiger partial charge on any atom is -0.305 e. The summed E-state index contributed by atoms with van der Waals surface area (Å²) in [6.45, 7) is 0. The maximum absolute atomic E-state index is 12.3. The molecule has 2 aromatic carbocycles. The van der Waals surface area contributed by atoms with Gasteiger partial charge in [-0.15, -0.1) is 5.10 Å². The summed E-state index contributed by atoms with van der Waals surface area (Å²) in [7, 11) is 0. The van der Waals surface area contributed by atoms with Crippen LogP contribution in [0.1, 0.15) is 10.4 Å². The summed E-state index contributed by atoms with van der Waals surface area (Å²) in [5, 5.41) is 18.5. The average Bonchev–Trinajstić information content (AvgIpc) is 3.02. The topological polar surface area (TPSA) is 90.1 Å². The first kappa shape index (κ1) is 18.2. The van der Waals surface area contributed by atoms with Gasteiger partial charge in [0.15, 0.2) is 5.82 Å². The Balaban J connectivity index is 1.84. The fraction of sp³-hybridized carbons (Fsp3) is 0. The molecular weight excluding hydrogens is 403 g/mol. The first-order chi connectivity index (χ1) is 12.3. The summed E-state index contributed by atoms with van der Waals surface area (Å²) in [5.41, 5.74) is 0.368. The second kappa shape index (κ2) is 7.33. The molecule has 3 rings (SSSR count). The molecule has 0 radical (unpaired) electrons. The van der Waals surface area contributed by atoms with E-state index < -0.39 is 10.8 Å². The number of aromatic nitrogens is 2. The van der Waals surface area contributed by atoms with Crippen molar-refractivity contribution in [2.75, 3.05) is 5.32 Å². The number of non-ortho nitro benzene ring substituents is 1. The van der Waals surface area contributed by atoms with Gasteiger partial charge in [0.1, 0.15) is 5.69 Å². The van der Waals surface area contributed by atoms with Crippen molar-refractivity contribution < 1.29 is 9.72 Å². The van der Waals surface area contributed by atoms with E-state index in [4.69, 9.17) is 34.8 Å². The Kier molecular flexibility index (Phi) is 5.13. The van der Waals surface area contributed by atoms with Crippen molar-refractivity contribution in [1.29, 1.82) is 0 Å². The molecule has 0 unspecified atom stereocenters. The Morgan fingerprint density at radius 2 is 1.81 bits per heavy atom. The number of hydrogen-bond donors (Lipinski definition) is 1. The summed E-state index contributed by atoms with van der Waals surface area (Å²) in [6.07, 6.45) is 1.56. The van der Waals surface area contributed by atoms with E-state index in [2.05, 4.69) is 10.4 Å². The molecule has 0 saturated carbocycles. The summed E-state index contributed by atoms with van der Waals surface area (Å²) in [6, 6.07) is 9.96. The Labute approximate surface area is 162 Å². The molecule has 1 amide bonds. The Bertz CT molecular complexity index is 996. The molecule has 1 heterocycles. The summed E-state index contributed by atoms with van der Waals surface area (Å²) < 4.78 is 1.39. The molecule has 3 aromatic rings. The SMILES string of the molecule is O=C(Nc1ccn(-c2c(Cl)cc(Cl)cc2Cl)n1)c1cccc([N+](=O)[O-])c1. The third-order valence-electron chi connectivity index (χ3n) is 3.36. The monoisotopic (exact) mass is 410 g/mol. The van der Waals surface area contributed by atoms with Crippen molar-refractivity contribution in [2.45, 2.75) is 0 Å². The van der Waals surface area contributed by atoms with Crippen LogP contribution >= 0.6 is 34.8 Å². The Hall–Kier alpha value is -2.61. The number of carbonyl (C=O) groups is 1. The Morgan fingerprint density at radius 1 is 1.12 bits per heavy atom. The first-order valence-electron chi connectivity index (χ1n) is 7.11. The minimum absolute atomic E-state index is 0.135. The standard InChI is InChI=1S/C16H9Cl3N4O3/c17-10-7-12(18)15(13(19)8-10)22-5-4-14(21-22)20-16(24)9-2-1-3-11(6-9)23(25)26/h1-8H,(H,20,21,24). The van der Waals surface area contributed by atoms with E-state index in [0.29, 0.717) is 20.8 Å². The van der Waals surface area contributed by atoms with Crippen molar-refractivity contribution in [2.24, 2.45) is 0 Å². The molecule has 26 heavy (non-hydrogen) atoms. The Morgan fingerprint density at radius 3 is 2.46 bits per heavy atom. The zero-order chi connectivity index (χ0) is 18.8. The highest BCUT2D eigenvalue weighted by Gasteiger charge is 2.15. The van der Waals surface area contributed by atoms with Gasteiger partial charge in [0.25, 0.3) is 11.6 Å². The van der Waals surface area contributed by atoms with Gasteiger partial charge in [0, 0.05) is 35.0 Å². The van der Waals surface area contributed by atoms with Crippen molar-refractivity contribution in [3.05, 3.63) is 79.4 Å². The molecule has 0 aliphatic carbocycles. The van der Waals surface area contributed by atoms with E-state index in [1.807, 2.05) is 0 Å². The number of nitro groups is 1. The number of nitrogens with zero attached hydrogens (tertiary/aromatic N) is 3. The third-order valence-corrected chi connectivity index (χ3v) is 4.16. The normalized spacial score (nSPS) is 10.6. The maximum atomic E-state index is 12.3. The fourth-order valence-electron chi connectivity index (χ4n) is 2.22. The number of rotatable bonds is 4. The number of nitro benzene ring substituents is 1. The van der Waals surface area contributed by atoms with Crippen LogP contribution in [-0.2, 0) is 0 Å². The lowest BCUT2D eigenvalue weighted by molar-refractivity contribution is -0.384. The van der Waals surface area contributed by atoms with Crippen LogP contribution in [0.3, 0.4) is 0 Å². The van der Waals surface area contributed by atoms with Crippen molar-refractivity contribution in [3.8, 4) is 5.69 Å². The van der Waals surface area contributed by atoms with E-state index in [0.717, 1.165) is 0 Å². The number of nitrogens with one attached hydrogen (secondary N) is 1. The van der Waals surface area contributed by atoms with Crippen LogP contribution in [0, 0.1) is 10.1 Å². The molecule has 10 heteroatoms. The number of amides is 1. The van der Waals surface area contributed by atoms with Gasteiger partial charge in [0.2, 0.25) is 0 Å². The van der Waals surface area contributed by atoms with Crippen LogP contribution in [0.15, 0.2) is 48.7 Å². The number of anilines is 1. The van der Waals surface area contributed by atoms with Crippen LogP contribution in [-0.4, -0.2) is 20.6 Å². The molecule has 1 aromatic heterocycles. The number of halogens is 3. The summed E-state index contributed by atoms with van der Waals surface area (Å²) in [5.74, 6) is -0.309. The number of hydrogen-bond acceptors (Lipinski definition) is 4. The minimum atomic E-state index is -0.573. The van der Waals surface area contributed by atoms with Crippen LogP contribution in [0.25, 0.3) is 5.69 Å². The quantitative estimate of drug-likeness (QED) is 0.483. The number of benzene rings is 2. The van der Waals surface area contributed by atoms with E-state index in [1.165, 1.54) is 47.1 Å². The molecule has 0 bridgehead atoms. The lowest BCUT2D eigenvalue weighted by atomic mass is 10.2. The fourth-order valence-corrected chi connectivity index (χ4v) is 3.21. The highest BCUT2D eigenvalue weighted by Crippen LogP contribution is 2.32. The number of carbonyl (C=O) groups excluding carboxylic acids is 1. The molecule has 0 aliphatic heterocycles. The molecule has 0 saturated heterocycles. The van der Waals surface area contributed by atoms with Gasteiger partial charge in [-0.3, -0.25) is 14.9 Å². The average molecular weight is 412 g/mol.